The van der Waals surface area contributed by atoms with Gasteiger partial charge in [0, 0.05) is 25.2 Å². The van der Waals surface area contributed by atoms with Crippen LogP contribution in [-0.4, -0.2) is 61.7 Å². The van der Waals surface area contributed by atoms with Crippen LogP contribution in [0.3, 0.4) is 0 Å². The van der Waals surface area contributed by atoms with Crippen molar-refractivity contribution in [2.45, 2.75) is 32.4 Å². The molecule has 1 aliphatic rings. The molecule has 0 fully saturated rings. The summed E-state index contributed by atoms with van der Waals surface area (Å²) in [6, 6.07) is 8.36. The van der Waals surface area contributed by atoms with Crippen molar-refractivity contribution in [2.75, 3.05) is 13.2 Å². The van der Waals surface area contributed by atoms with E-state index in [2.05, 4.69) is 26.0 Å². The highest BCUT2D eigenvalue weighted by atomic mass is 19.2. The van der Waals surface area contributed by atoms with E-state index in [1.165, 1.54) is 24.3 Å². The molecule has 0 unspecified atom stereocenters. The van der Waals surface area contributed by atoms with E-state index in [-0.39, 0.29) is 48.0 Å². The van der Waals surface area contributed by atoms with E-state index in [1.807, 2.05) is 0 Å². The molecule has 2 aromatic heterocycles. The Hall–Kier alpha value is -5.24. The molecule has 0 saturated heterocycles. The van der Waals surface area contributed by atoms with Crippen LogP contribution in [0.15, 0.2) is 42.5 Å². The second-order valence-electron chi connectivity index (χ2n) is 9.91. The van der Waals surface area contributed by atoms with Crippen LogP contribution in [0.5, 0.6) is 0 Å². The van der Waals surface area contributed by atoms with Crippen LogP contribution in [0.4, 0.5) is 8.78 Å². The summed E-state index contributed by atoms with van der Waals surface area (Å²) < 4.78 is 28.0. The van der Waals surface area contributed by atoms with Gasteiger partial charge >= 0.3 is 5.97 Å². The number of aliphatic hydroxyl groups excluding tert-OH is 1. The number of amides is 3. The molecule has 0 bridgehead atoms. The Morgan fingerprint density at radius 3 is 2.47 bits per heavy atom. The van der Waals surface area contributed by atoms with Gasteiger partial charge in [-0.3, -0.25) is 14.4 Å². The van der Waals surface area contributed by atoms with E-state index in [0.29, 0.717) is 24.0 Å². The van der Waals surface area contributed by atoms with Crippen LogP contribution in [0.2, 0.25) is 0 Å². The third-order valence-corrected chi connectivity index (χ3v) is 7.19. The predicted octanol–water partition coefficient (Wildman–Crippen LogP) is 2.08. The minimum absolute atomic E-state index is 0.00791. The molecular formula is C29H26F2N6O6. The number of carboxylic acid groups (broad SMARTS) is 1. The third kappa shape index (κ3) is 5.90. The summed E-state index contributed by atoms with van der Waals surface area (Å²) in [5.74, 6) is -5.13. The van der Waals surface area contributed by atoms with Crippen molar-refractivity contribution < 1.29 is 38.2 Å². The smallest absolute Gasteiger partial charge is 0.335 e. The number of hydrogen-bond acceptors (Lipinski definition) is 7. The molecule has 1 aliphatic carbocycles. The van der Waals surface area contributed by atoms with Gasteiger partial charge in [0.05, 0.1) is 18.2 Å². The fraction of sp³-hybridized carbons (Fsp3) is 0.241. The van der Waals surface area contributed by atoms with Gasteiger partial charge in [-0.15, -0.1) is 0 Å². The maximum absolute atomic E-state index is 13.6. The molecule has 0 radical (unpaired) electrons. The number of aromatic nitrogens is 3. The molecule has 2 aromatic carbocycles. The van der Waals surface area contributed by atoms with E-state index in [4.69, 9.17) is 5.11 Å². The van der Waals surface area contributed by atoms with Crippen molar-refractivity contribution in [1.82, 2.24) is 30.5 Å². The molecule has 1 atom stereocenters. The zero-order valence-electron chi connectivity index (χ0n) is 22.8. The molecule has 0 aliphatic heterocycles. The number of rotatable bonds is 9. The number of carbonyl (C=O) groups is 4. The largest absolute Gasteiger partial charge is 0.478 e. The summed E-state index contributed by atoms with van der Waals surface area (Å²) in [4.78, 5) is 55.0. The third-order valence-electron chi connectivity index (χ3n) is 7.19. The molecular weight excluding hydrogens is 566 g/mol. The highest BCUT2D eigenvalue weighted by molar-refractivity contribution is 5.99. The molecule has 0 spiro atoms. The van der Waals surface area contributed by atoms with E-state index in [9.17, 15) is 33.1 Å². The van der Waals surface area contributed by atoms with Crippen molar-refractivity contribution in [3.63, 3.8) is 0 Å². The average molecular weight is 593 g/mol. The summed E-state index contributed by atoms with van der Waals surface area (Å²) in [6.07, 6.45) is 1.06. The molecule has 5 N–H and O–H groups in total. The average Bonchev–Trinajstić information content (AvgIpc) is 3.60. The second-order valence-corrected chi connectivity index (χ2v) is 9.91. The lowest BCUT2D eigenvalue weighted by Crippen LogP contribution is -2.31. The normalized spacial score (nSPS) is 13.9. The molecule has 14 heteroatoms. The number of aromatic carboxylic acids is 1. The molecule has 0 saturated carbocycles. The molecule has 5 rings (SSSR count). The molecule has 43 heavy (non-hydrogen) atoms. The number of nitrogens with zero attached hydrogens (tertiary/aromatic N) is 3. The lowest BCUT2D eigenvalue weighted by atomic mass is 9.98. The van der Waals surface area contributed by atoms with Gasteiger partial charge in [0.1, 0.15) is 11.4 Å². The highest BCUT2D eigenvalue weighted by Gasteiger charge is 2.29. The van der Waals surface area contributed by atoms with Gasteiger partial charge in [-0.25, -0.2) is 23.1 Å². The maximum atomic E-state index is 13.6. The zero-order chi connectivity index (χ0) is 30.8. The van der Waals surface area contributed by atoms with Gasteiger partial charge in [0.15, 0.2) is 23.0 Å². The van der Waals surface area contributed by atoms with Gasteiger partial charge in [-0.2, -0.15) is 5.10 Å². The van der Waals surface area contributed by atoms with E-state index >= 15 is 0 Å². The van der Waals surface area contributed by atoms with Gasteiger partial charge in [0.2, 0.25) is 0 Å². The standard InChI is InChI=1S/C29H26F2N6O6/c1-14-16-5-7-21(18(16)4-3-17(14)29(42)43)35-28(41)24-11-22(26(39)33-13-15-2-6-19(30)20(31)10-15)34-25-12-23(36-37(24)25)27(40)32-8-9-38/h2-4,6,10-12,21,38H,5,7-9,13H2,1H3,(H,32,40)(H,33,39)(H,35,41)(H,42,43)/t21-/m0/s1. The lowest BCUT2D eigenvalue weighted by molar-refractivity contribution is 0.0695. The topological polar surface area (TPSA) is 175 Å². The number of carboxylic acids is 1. The minimum Gasteiger partial charge on any atom is -0.478 e. The Balaban J connectivity index is 1.46. The monoisotopic (exact) mass is 592 g/mol. The van der Waals surface area contributed by atoms with Crippen LogP contribution in [-0.2, 0) is 13.0 Å². The van der Waals surface area contributed by atoms with E-state index < -0.39 is 41.4 Å². The molecule has 3 amide bonds. The first-order valence-corrected chi connectivity index (χ1v) is 13.3. The summed E-state index contributed by atoms with van der Waals surface area (Å²) in [5, 5.41) is 30.6. The zero-order valence-corrected chi connectivity index (χ0v) is 22.8. The predicted molar refractivity (Wildman–Crippen MR) is 147 cm³/mol. The fourth-order valence-electron chi connectivity index (χ4n) is 5.04. The highest BCUT2D eigenvalue weighted by Crippen LogP contribution is 2.35. The number of benzene rings is 2. The fourth-order valence-corrected chi connectivity index (χ4v) is 5.04. The van der Waals surface area contributed by atoms with E-state index in [0.717, 1.165) is 27.8 Å². The Morgan fingerprint density at radius 2 is 1.74 bits per heavy atom. The number of halogens is 2. The van der Waals surface area contributed by atoms with E-state index in [1.54, 1.807) is 13.0 Å². The van der Waals surface area contributed by atoms with Crippen LogP contribution in [0, 0.1) is 18.6 Å². The Labute approximate surface area is 242 Å². The van der Waals surface area contributed by atoms with Crippen molar-refractivity contribution in [3.8, 4) is 0 Å². The lowest BCUT2D eigenvalue weighted by Gasteiger charge is -2.16. The van der Waals surface area contributed by atoms with Crippen LogP contribution in [0.25, 0.3) is 5.65 Å². The summed E-state index contributed by atoms with van der Waals surface area (Å²) in [7, 11) is 0. The van der Waals surface area contributed by atoms with Crippen molar-refractivity contribution in [3.05, 3.63) is 99.0 Å². The molecule has 2 heterocycles. The number of carbonyl (C=O) groups excluding carboxylic acids is 3. The Kier molecular flexibility index (Phi) is 8.12. The minimum atomic E-state index is -1.07. The van der Waals surface area contributed by atoms with Crippen molar-refractivity contribution >= 4 is 29.3 Å². The Morgan fingerprint density at radius 1 is 0.977 bits per heavy atom. The SMILES string of the molecule is Cc1c(C(=O)O)ccc2c1CC[C@@H]2NC(=O)c1cc(C(=O)NCc2ccc(F)c(F)c2)nc2cc(C(=O)NCCO)nn12. The summed E-state index contributed by atoms with van der Waals surface area (Å²) in [5.41, 5.74) is 2.29. The molecule has 4 aromatic rings. The number of nitrogens with one attached hydrogen (secondary N) is 3. The number of aliphatic hydroxyl groups is 1. The van der Waals surface area contributed by atoms with Gasteiger partial charge < -0.3 is 26.2 Å². The van der Waals surface area contributed by atoms with Crippen molar-refractivity contribution in [2.24, 2.45) is 0 Å². The number of fused-ring (bicyclic) bond motifs is 2. The molecule has 222 valence electrons. The Bertz CT molecular complexity index is 1790. The van der Waals surface area contributed by atoms with Gasteiger partial charge in [0.25, 0.3) is 17.7 Å². The summed E-state index contributed by atoms with van der Waals surface area (Å²) in [6.45, 7) is 1.23. The maximum Gasteiger partial charge on any atom is 0.335 e. The first-order chi connectivity index (χ1) is 20.6. The summed E-state index contributed by atoms with van der Waals surface area (Å²) >= 11 is 0. The first-order valence-electron chi connectivity index (χ1n) is 13.3. The number of hydrogen-bond donors (Lipinski definition) is 5. The van der Waals surface area contributed by atoms with Crippen LogP contribution >= 0.6 is 0 Å². The van der Waals surface area contributed by atoms with Crippen LogP contribution in [0.1, 0.15) is 76.5 Å². The van der Waals surface area contributed by atoms with Gasteiger partial charge in [-0.05, 0) is 60.2 Å². The second kappa shape index (κ2) is 11.9. The van der Waals surface area contributed by atoms with Crippen LogP contribution < -0.4 is 16.0 Å². The first kappa shape index (κ1) is 29.3. The van der Waals surface area contributed by atoms with Crippen molar-refractivity contribution in [1.29, 1.82) is 0 Å². The quantitative estimate of drug-likeness (QED) is 0.196. The van der Waals surface area contributed by atoms with Gasteiger partial charge in [-0.1, -0.05) is 12.1 Å². The molecule has 12 nitrogen and oxygen atoms in total.